The summed E-state index contributed by atoms with van der Waals surface area (Å²) in [5.41, 5.74) is 2.63. The van der Waals surface area contributed by atoms with E-state index in [4.69, 9.17) is 16.0 Å². The first-order valence-electron chi connectivity index (χ1n) is 11.2. The number of H-pyrrole nitrogens is 1. The molecule has 1 amide bonds. The maximum Gasteiger partial charge on any atom is 0.417 e. The number of nitrogens with one attached hydrogen (secondary N) is 1. The number of aryl methyl sites for hydroxylation is 1. The molecule has 2 aromatic heterocycles. The topological polar surface area (TPSA) is 86.6 Å². The van der Waals surface area contributed by atoms with Gasteiger partial charge in [0.2, 0.25) is 5.91 Å². The maximum absolute atomic E-state index is 12.9. The number of amides is 1. The van der Waals surface area contributed by atoms with Gasteiger partial charge in [0, 0.05) is 59.3 Å². The van der Waals surface area contributed by atoms with Gasteiger partial charge in [-0.2, -0.15) is 0 Å². The molecule has 176 valence electrons. The van der Waals surface area contributed by atoms with Gasteiger partial charge in [0.05, 0.1) is 11.9 Å². The summed E-state index contributed by atoms with van der Waals surface area (Å²) in [6, 6.07) is 10.8. The highest BCUT2D eigenvalue weighted by Crippen LogP contribution is 2.33. The first kappa shape index (κ1) is 22.8. The molecule has 7 nitrogen and oxygen atoms in total. The molecule has 1 aliphatic rings. The number of aromatic amines is 1. The van der Waals surface area contributed by atoms with Crippen LogP contribution in [0.1, 0.15) is 27.2 Å². The van der Waals surface area contributed by atoms with E-state index in [9.17, 15) is 14.4 Å². The van der Waals surface area contributed by atoms with Crippen molar-refractivity contribution in [3.05, 3.63) is 68.0 Å². The minimum absolute atomic E-state index is 0.00425. The zero-order valence-corrected chi connectivity index (χ0v) is 20.3. The average molecular weight is 498 g/mol. The van der Waals surface area contributed by atoms with Crippen LogP contribution in [0, 0.1) is 6.92 Å². The fourth-order valence-corrected chi connectivity index (χ4v) is 5.76. The fraction of sp³-hybridized carbons (Fsp3) is 0.320. The van der Waals surface area contributed by atoms with Crippen LogP contribution in [0.25, 0.3) is 21.2 Å². The van der Waals surface area contributed by atoms with Crippen LogP contribution in [-0.2, 0) is 11.2 Å². The Bertz CT molecular complexity index is 1450. The average Bonchev–Trinajstić information content (AvgIpc) is 3.35. The Labute approximate surface area is 204 Å². The van der Waals surface area contributed by atoms with E-state index in [1.807, 2.05) is 30.0 Å². The number of carbonyl (C=O) groups excluding carboxylic acids is 2. The molecule has 9 heteroatoms. The third-order valence-electron chi connectivity index (χ3n) is 6.43. The number of aromatic nitrogens is 1. The highest BCUT2D eigenvalue weighted by atomic mass is 35.5. The van der Waals surface area contributed by atoms with Crippen LogP contribution in [-0.4, -0.2) is 59.2 Å². The number of hydrogen-bond acceptors (Lipinski definition) is 6. The van der Waals surface area contributed by atoms with Gasteiger partial charge in [0.15, 0.2) is 11.4 Å². The molecule has 4 aromatic rings. The summed E-state index contributed by atoms with van der Waals surface area (Å²) in [6.07, 6.45) is 0.774. The lowest BCUT2D eigenvalue weighted by atomic mass is 10.1. The summed E-state index contributed by atoms with van der Waals surface area (Å²) in [4.78, 5) is 44.6. The van der Waals surface area contributed by atoms with Crippen molar-refractivity contribution >= 4 is 55.8 Å². The maximum atomic E-state index is 12.9. The lowest BCUT2D eigenvalue weighted by Gasteiger charge is -2.34. The molecule has 5 rings (SSSR count). The zero-order chi connectivity index (χ0) is 23.8. The first-order chi connectivity index (χ1) is 16.4. The minimum atomic E-state index is -0.529. The molecule has 2 aromatic carbocycles. The highest BCUT2D eigenvalue weighted by Gasteiger charge is 2.23. The van der Waals surface area contributed by atoms with Gasteiger partial charge >= 0.3 is 5.76 Å². The quantitative estimate of drug-likeness (QED) is 0.402. The Morgan fingerprint density at radius 3 is 2.71 bits per heavy atom. The van der Waals surface area contributed by atoms with Crippen LogP contribution in [0.5, 0.6) is 0 Å². The molecule has 0 spiro atoms. The van der Waals surface area contributed by atoms with E-state index in [0.717, 1.165) is 33.6 Å². The molecule has 0 aliphatic carbocycles. The second kappa shape index (κ2) is 9.37. The summed E-state index contributed by atoms with van der Waals surface area (Å²) in [5, 5.41) is 1.82. The Kier molecular flexibility index (Phi) is 6.29. The van der Waals surface area contributed by atoms with Gasteiger partial charge in [0.25, 0.3) is 0 Å². The Balaban J connectivity index is 1.13. The SMILES string of the molecule is Cc1c(CC(=O)N2CCN(CCC(=O)c3ccc4[nH]c(=O)oc4c3)CC2)sc2ccc(Cl)cc12. The van der Waals surface area contributed by atoms with Crippen molar-refractivity contribution in [1.29, 1.82) is 0 Å². The molecular weight excluding hydrogens is 474 g/mol. The third kappa shape index (κ3) is 4.66. The number of hydrogen-bond donors (Lipinski definition) is 1. The largest absolute Gasteiger partial charge is 0.417 e. The Hall–Kier alpha value is -2.94. The van der Waals surface area contributed by atoms with Gasteiger partial charge in [-0.15, -0.1) is 11.3 Å². The van der Waals surface area contributed by atoms with Crippen molar-refractivity contribution < 1.29 is 14.0 Å². The van der Waals surface area contributed by atoms with E-state index in [1.54, 1.807) is 29.5 Å². The second-order valence-corrected chi connectivity index (χ2v) is 10.2. The normalized spacial score (nSPS) is 14.8. The molecule has 1 fully saturated rings. The summed E-state index contributed by atoms with van der Waals surface area (Å²) in [6.45, 7) is 5.48. The van der Waals surface area contributed by atoms with Crippen molar-refractivity contribution in [2.45, 2.75) is 19.8 Å². The van der Waals surface area contributed by atoms with Gasteiger partial charge < -0.3 is 9.32 Å². The standard InChI is InChI=1S/C25H24ClN3O4S/c1-15-18-13-17(26)3-5-22(18)34-23(15)14-24(31)29-10-8-28(9-11-29)7-6-20(30)16-2-4-19-21(12-16)33-25(32)27-19/h2-5,12-13H,6-11,14H2,1H3,(H,27,32). The van der Waals surface area contributed by atoms with Gasteiger partial charge in [-0.05, 0) is 54.3 Å². The van der Waals surface area contributed by atoms with Crippen LogP contribution in [0.4, 0.5) is 0 Å². The molecule has 0 unspecified atom stereocenters. The number of thiophene rings is 1. The Morgan fingerprint density at radius 2 is 1.91 bits per heavy atom. The number of fused-ring (bicyclic) bond motifs is 2. The van der Waals surface area contributed by atoms with Crippen LogP contribution in [0.15, 0.2) is 45.6 Å². The van der Waals surface area contributed by atoms with Crippen molar-refractivity contribution in [2.75, 3.05) is 32.7 Å². The van der Waals surface area contributed by atoms with Gasteiger partial charge in [0.1, 0.15) is 0 Å². The molecule has 0 saturated carbocycles. The second-order valence-electron chi connectivity index (χ2n) is 8.59. The van der Waals surface area contributed by atoms with Crippen molar-refractivity contribution in [2.24, 2.45) is 0 Å². The lowest BCUT2D eigenvalue weighted by Crippen LogP contribution is -2.49. The van der Waals surface area contributed by atoms with Crippen LogP contribution in [0.3, 0.4) is 0 Å². The predicted octanol–water partition coefficient (Wildman–Crippen LogP) is 4.26. The fourth-order valence-electron chi connectivity index (χ4n) is 4.41. The number of ketones is 1. The summed E-state index contributed by atoms with van der Waals surface area (Å²) < 4.78 is 6.19. The van der Waals surface area contributed by atoms with Crippen molar-refractivity contribution in [3.63, 3.8) is 0 Å². The summed E-state index contributed by atoms with van der Waals surface area (Å²) in [7, 11) is 0. The number of halogens is 1. The molecule has 0 radical (unpaired) electrons. The number of oxazole rings is 1. The van der Waals surface area contributed by atoms with Crippen LogP contribution in [0.2, 0.25) is 5.02 Å². The molecule has 1 saturated heterocycles. The van der Waals surface area contributed by atoms with Crippen molar-refractivity contribution in [3.8, 4) is 0 Å². The highest BCUT2D eigenvalue weighted by molar-refractivity contribution is 7.19. The van der Waals surface area contributed by atoms with E-state index in [-0.39, 0.29) is 11.7 Å². The van der Waals surface area contributed by atoms with Gasteiger partial charge in [-0.3, -0.25) is 19.5 Å². The van der Waals surface area contributed by atoms with Gasteiger partial charge in [-0.1, -0.05) is 11.6 Å². The molecule has 0 atom stereocenters. The molecule has 3 heterocycles. The smallest absolute Gasteiger partial charge is 0.408 e. The van der Waals surface area contributed by atoms with Gasteiger partial charge in [-0.25, -0.2) is 4.79 Å². The predicted molar refractivity (Wildman–Crippen MR) is 134 cm³/mol. The molecule has 0 bridgehead atoms. The number of rotatable bonds is 6. The molecule has 1 aliphatic heterocycles. The summed E-state index contributed by atoms with van der Waals surface area (Å²) >= 11 is 7.79. The first-order valence-corrected chi connectivity index (χ1v) is 12.4. The van der Waals surface area contributed by atoms with E-state index in [0.29, 0.717) is 54.2 Å². The van der Waals surface area contributed by atoms with Crippen LogP contribution < -0.4 is 5.76 Å². The number of nitrogens with zero attached hydrogens (tertiary/aromatic N) is 2. The number of Topliss-reactive ketones (excluding diaryl/α,β-unsaturated/α-hetero) is 1. The number of benzene rings is 2. The van der Waals surface area contributed by atoms with E-state index >= 15 is 0 Å². The monoisotopic (exact) mass is 497 g/mol. The number of carbonyl (C=O) groups is 2. The summed E-state index contributed by atoms with van der Waals surface area (Å²) in [5.74, 6) is -0.388. The van der Waals surface area contributed by atoms with E-state index < -0.39 is 5.76 Å². The molecule has 34 heavy (non-hydrogen) atoms. The van der Waals surface area contributed by atoms with E-state index in [1.165, 1.54) is 0 Å². The molecule has 1 N–H and O–H groups in total. The number of piperazine rings is 1. The van der Waals surface area contributed by atoms with Crippen LogP contribution >= 0.6 is 22.9 Å². The van der Waals surface area contributed by atoms with Crippen molar-refractivity contribution in [1.82, 2.24) is 14.8 Å². The van der Waals surface area contributed by atoms with E-state index in [2.05, 4.69) is 9.88 Å². The lowest BCUT2D eigenvalue weighted by molar-refractivity contribution is -0.132. The Morgan fingerprint density at radius 1 is 1.12 bits per heavy atom. The zero-order valence-electron chi connectivity index (χ0n) is 18.7. The third-order valence-corrected chi connectivity index (χ3v) is 7.94. The molecular formula is C25H24ClN3O4S. The minimum Gasteiger partial charge on any atom is -0.408 e.